The minimum absolute atomic E-state index is 0.0733. The Morgan fingerprint density at radius 2 is 1.79 bits per heavy atom. The van der Waals surface area contributed by atoms with Gasteiger partial charge < -0.3 is 14.8 Å². The van der Waals surface area contributed by atoms with Crippen LogP contribution in [0.3, 0.4) is 0 Å². The summed E-state index contributed by atoms with van der Waals surface area (Å²) in [6.07, 6.45) is -1.33. The number of hydrogen-bond donors (Lipinski definition) is 1. The summed E-state index contributed by atoms with van der Waals surface area (Å²) in [7, 11) is 1.47. The van der Waals surface area contributed by atoms with Gasteiger partial charge in [-0.15, -0.1) is 0 Å². The third-order valence-corrected chi connectivity index (χ3v) is 4.33. The number of hydrogen-bond acceptors (Lipinski definition) is 5. The van der Waals surface area contributed by atoms with Crippen LogP contribution in [0.1, 0.15) is 41.3 Å². The van der Waals surface area contributed by atoms with E-state index in [-0.39, 0.29) is 24.3 Å². The van der Waals surface area contributed by atoms with Gasteiger partial charge in [-0.05, 0) is 50.6 Å². The fraction of sp³-hybridized carbons (Fsp3) is 0.318. The Hall–Kier alpha value is -3.22. The normalized spacial score (nSPS) is 11.5. The largest absolute Gasteiger partial charge is 0.496 e. The zero-order valence-electron chi connectivity index (χ0n) is 16.9. The second kappa shape index (κ2) is 9.82. The number of amides is 1. The maximum atomic E-state index is 13.6. The van der Waals surface area contributed by atoms with Gasteiger partial charge in [-0.1, -0.05) is 17.7 Å². The smallest absolute Gasteiger partial charge is 0.307 e. The number of anilines is 1. The van der Waals surface area contributed by atoms with E-state index >= 15 is 0 Å². The second-order valence-corrected chi connectivity index (χ2v) is 6.71. The third kappa shape index (κ3) is 6.14. The predicted octanol–water partition coefficient (Wildman–Crippen LogP) is 3.98. The maximum Gasteiger partial charge on any atom is 0.307 e. The maximum absolute atomic E-state index is 13.6. The van der Waals surface area contributed by atoms with E-state index in [1.54, 1.807) is 25.1 Å². The minimum atomic E-state index is -1.09. The molecule has 0 spiro atoms. The Kier molecular flexibility index (Phi) is 7.47. The first-order valence-corrected chi connectivity index (χ1v) is 9.15. The molecule has 6 nitrogen and oxygen atoms in total. The highest BCUT2D eigenvalue weighted by molar-refractivity contribution is 6.00. The van der Waals surface area contributed by atoms with Gasteiger partial charge in [0.05, 0.1) is 19.1 Å². The first-order valence-electron chi connectivity index (χ1n) is 9.15. The molecule has 1 N–H and O–H groups in total. The molecule has 2 aromatic rings. The lowest BCUT2D eigenvalue weighted by Gasteiger charge is -2.14. The summed E-state index contributed by atoms with van der Waals surface area (Å²) in [5.74, 6) is -1.53. The van der Waals surface area contributed by atoms with Crippen molar-refractivity contribution in [1.29, 1.82) is 0 Å². The minimum Gasteiger partial charge on any atom is -0.496 e. The van der Waals surface area contributed by atoms with Gasteiger partial charge in [0.2, 0.25) is 0 Å². The van der Waals surface area contributed by atoms with Crippen LogP contribution < -0.4 is 10.1 Å². The summed E-state index contributed by atoms with van der Waals surface area (Å²) in [6, 6.07) is 9.50. The van der Waals surface area contributed by atoms with Crippen LogP contribution in [0.2, 0.25) is 0 Å². The first kappa shape index (κ1) is 22.1. The molecule has 0 saturated carbocycles. The molecule has 154 valence electrons. The Morgan fingerprint density at radius 3 is 2.45 bits per heavy atom. The molecule has 29 heavy (non-hydrogen) atoms. The molecule has 2 aromatic carbocycles. The number of nitrogens with one attached hydrogen (secondary N) is 1. The van der Waals surface area contributed by atoms with Crippen molar-refractivity contribution in [3.8, 4) is 5.75 Å². The zero-order chi connectivity index (χ0) is 21.6. The molecule has 0 saturated heterocycles. The fourth-order valence-corrected chi connectivity index (χ4v) is 2.61. The molecular formula is C22H24FNO5. The topological polar surface area (TPSA) is 81.7 Å². The van der Waals surface area contributed by atoms with Gasteiger partial charge in [0.1, 0.15) is 11.6 Å². The molecular weight excluding hydrogens is 377 g/mol. The van der Waals surface area contributed by atoms with Gasteiger partial charge in [0, 0.05) is 12.1 Å². The molecule has 0 aliphatic carbocycles. The quantitative estimate of drug-likeness (QED) is 0.534. The molecule has 1 atom stereocenters. The molecule has 0 bridgehead atoms. The fourth-order valence-electron chi connectivity index (χ4n) is 2.61. The number of esters is 1. The number of methoxy groups -OCH3 is 1. The first-order chi connectivity index (χ1) is 13.7. The zero-order valence-corrected chi connectivity index (χ0v) is 16.9. The average molecular weight is 401 g/mol. The molecule has 0 heterocycles. The van der Waals surface area contributed by atoms with E-state index in [0.717, 1.165) is 5.56 Å². The van der Waals surface area contributed by atoms with E-state index in [2.05, 4.69) is 5.32 Å². The number of Topliss-reactive ketones (excluding diaryl/α,β-unsaturated/α-hetero) is 1. The van der Waals surface area contributed by atoms with Crippen LogP contribution >= 0.6 is 0 Å². The van der Waals surface area contributed by atoms with Crippen molar-refractivity contribution < 1.29 is 28.2 Å². The summed E-state index contributed by atoms with van der Waals surface area (Å²) in [4.78, 5) is 36.5. The van der Waals surface area contributed by atoms with Crippen LogP contribution in [0.4, 0.5) is 10.1 Å². The molecule has 0 radical (unpaired) electrons. The second-order valence-electron chi connectivity index (χ2n) is 6.71. The van der Waals surface area contributed by atoms with Gasteiger partial charge >= 0.3 is 5.97 Å². The van der Waals surface area contributed by atoms with Crippen LogP contribution in [0.15, 0.2) is 36.4 Å². The van der Waals surface area contributed by atoms with Crippen LogP contribution in [0, 0.1) is 19.7 Å². The van der Waals surface area contributed by atoms with Gasteiger partial charge in [-0.25, -0.2) is 4.39 Å². The van der Waals surface area contributed by atoms with Crippen molar-refractivity contribution in [2.45, 2.75) is 39.7 Å². The SMILES string of the molecule is COc1ccc(C)cc1C(=O)CCC(=O)O[C@H](C)C(=O)Nc1ccc(C)c(F)c1. The van der Waals surface area contributed by atoms with Crippen molar-refractivity contribution in [2.24, 2.45) is 0 Å². The van der Waals surface area contributed by atoms with E-state index in [1.165, 1.54) is 26.2 Å². The molecule has 0 fully saturated rings. The number of ketones is 1. The highest BCUT2D eigenvalue weighted by Gasteiger charge is 2.20. The number of carbonyl (C=O) groups excluding carboxylic acids is 3. The molecule has 2 rings (SSSR count). The van der Waals surface area contributed by atoms with E-state index in [1.807, 2.05) is 13.0 Å². The number of ether oxygens (including phenoxy) is 2. The lowest BCUT2D eigenvalue weighted by Crippen LogP contribution is -2.30. The number of benzene rings is 2. The molecule has 1 amide bonds. The number of halogens is 1. The van der Waals surface area contributed by atoms with E-state index in [0.29, 0.717) is 16.9 Å². The average Bonchev–Trinajstić information content (AvgIpc) is 2.68. The van der Waals surface area contributed by atoms with Crippen LogP contribution in [0.5, 0.6) is 5.75 Å². The molecule has 7 heteroatoms. The highest BCUT2D eigenvalue weighted by Crippen LogP contribution is 2.22. The van der Waals surface area contributed by atoms with Crippen LogP contribution in [-0.4, -0.2) is 30.9 Å². The van der Waals surface area contributed by atoms with E-state index in [9.17, 15) is 18.8 Å². The van der Waals surface area contributed by atoms with E-state index in [4.69, 9.17) is 9.47 Å². The lowest BCUT2D eigenvalue weighted by molar-refractivity contribution is -0.153. The molecule has 0 unspecified atom stereocenters. The highest BCUT2D eigenvalue weighted by atomic mass is 19.1. The third-order valence-electron chi connectivity index (χ3n) is 4.33. The summed E-state index contributed by atoms with van der Waals surface area (Å²) in [6.45, 7) is 4.87. The summed E-state index contributed by atoms with van der Waals surface area (Å²) in [5, 5.41) is 2.49. The predicted molar refractivity (Wildman–Crippen MR) is 107 cm³/mol. The Bertz CT molecular complexity index is 925. The molecule has 0 aliphatic rings. The van der Waals surface area contributed by atoms with Crippen molar-refractivity contribution >= 4 is 23.3 Å². The Morgan fingerprint density at radius 1 is 1.07 bits per heavy atom. The van der Waals surface area contributed by atoms with Gasteiger partial charge in [-0.2, -0.15) is 0 Å². The number of rotatable bonds is 8. The lowest BCUT2D eigenvalue weighted by atomic mass is 10.0. The van der Waals surface area contributed by atoms with E-state index < -0.39 is 23.8 Å². The van der Waals surface area contributed by atoms with Crippen molar-refractivity contribution in [1.82, 2.24) is 0 Å². The van der Waals surface area contributed by atoms with Crippen LogP contribution in [-0.2, 0) is 14.3 Å². The van der Waals surface area contributed by atoms with Crippen molar-refractivity contribution in [3.05, 3.63) is 58.9 Å². The monoisotopic (exact) mass is 401 g/mol. The van der Waals surface area contributed by atoms with Gasteiger partial charge in [0.15, 0.2) is 11.9 Å². The number of carbonyl (C=O) groups is 3. The van der Waals surface area contributed by atoms with Gasteiger partial charge in [0.25, 0.3) is 5.91 Å². The summed E-state index contributed by atoms with van der Waals surface area (Å²) in [5.41, 5.74) is 2.02. The van der Waals surface area contributed by atoms with Crippen LogP contribution in [0.25, 0.3) is 0 Å². The van der Waals surface area contributed by atoms with Crippen molar-refractivity contribution in [2.75, 3.05) is 12.4 Å². The number of aryl methyl sites for hydroxylation is 2. The molecule has 0 aliphatic heterocycles. The molecule has 0 aromatic heterocycles. The standard InChI is InChI=1S/C22H24FNO5/c1-13-5-9-20(28-4)17(11-13)19(25)8-10-21(26)29-15(3)22(27)24-16-7-6-14(2)18(23)12-16/h5-7,9,11-12,15H,8,10H2,1-4H3,(H,24,27)/t15-/m1/s1. The Labute approximate surface area is 169 Å². The van der Waals surface area contributed by atoms with Crippen molar-refractivity contribution in [3.63, 3.8) is 0 Å². The summed E-state index contributed by atoms with van der Waals surface area (Å²) < 4.78 is 23.8. The Balaban J connectivity index is 1.88. The summed E-state index contributed by atoms with van der Waals surface area (Å²) >= 11 is 0. The van der Waals surface area contributed by atoms with Gasteiger partial charge in [-0.3, -0.25) is 14.4 Å².